The van der Waals surface area contributed by atoms with E-state index in [1.54, 1.807) is 24.4 Å². The Morgan fingerprint density at radius 3 is 2.49 bits per heavy atom. The molecule has 0 unspecified atom stereocenters. The molecule has 1 N–H and O–H groups in total. The number of halogens is 4. The van der Waals surface area contributed by atoms with E-state index in [0.717, 1.165) is 34.7 Å². The van der Waals surface area contributed by atoms with Gasteiger partial charge in [-0.15, -0.1) is 0 Å². The fourth-order valence-corrected chi connectivity index (χ4v) is 6.32. The lowest BCUT2D eigenvalue weighted by atomic mass is 10.0. The molecular weight excluding hydrogens is 759 g/mol. The first-order valence-electron chi connectivity index (χ1n) is 11.7. The number of amides is 1. The summed E-state index contributed by atoms with van der Waals surface area (Å²) < 4.78 is 8.07. The van der Waals surface area contributed by atoms with Gasteiger partial charge in [0.2, 0.25) is 0 Å². The molecule has 39 heavy (non-hydrogen) atoms. The Hall–Kier alpha value is -2.73. The van der Waals surface area contributed by atoms with Crippen molar-refractivity contribution in [3.63, 3.8) is 0 Å². The molecular formula is C30H19Cl2I2N3O2. The van der Waals surface area contributed by atoms with Crippen molar-refractivity contribution in [2.75, 3.05) is 0 Å². The van der Waals surface area contributed by atoms with Crippen LogP contribution < -0.4 is 10.2 Å². The molecule has 4 aromatic carbocycles. The Morgan fingerprint density at radius 1 is 0.923 bits per heavy atom. The largest absolute Gasteiger partial charge is 0.487 e. The molecule has 0 fully saturated rings. The van der Waals surface area contributed by atoms with Crippen LogP contribution in [0.1, 0.15) is 21.5 Å². The highest BCUT2D eigenvalue weighted by atomic mass is 127. The number of aromatic nitrogens is 1. The van der Waals surface area contributed by atoms with Crippen LogP contribution in [0.5, 0.6) is 5.75 Å². The maximum absolute atomic E-state index is 13.3. The molecule has 0 atom stereocenters. The van der Waals surface area contributed by atoms with Crippen LogP contribution in [0.2, 0.25) is 10.0 Å². The molecule has 1 aromatic heterocycles. The molecule has 0 spiro atoms. The Morgan fingerprint density at radius 2 is 1.69 bits per heavy atom. The predicted molar refractivity (Wildman–Crippen MR) is 175 cm³/mol. The minimum atomic E-state index is -0.333. The van der Waals surface area contributed by atoms with Crippen LogP contribution in [0.15, 0.2) is 96.1 Å². The van der Waals surface area contributed by atoms with Crippen molar-refractivity contribution >= 4 is 91.4 Å². The fraction of sp³-hybridized carbons (Fsp3) is 0.0333. The third-order valence-corrected chi connectivity index (χ3v) is 7.97. The van der Waals surface area contributed by atoms with Gasteiger partial charge < -0.3 is 4.74 Å². The van der Waals surface area contributed by atoms with Gasteiger partial charge in [-0.1, -0.05) is 77.8 Å². The quantitative estimate of drug-likeness (QED) is 0.102. The zero-order valence-corrected chi connectivity index (χ0v) is 26.0. The summed E-state index contributed by atoms with van der Waals surface area (Å²) in [4.78, 5) is 18.1. The summed E-state index contributed by atoms with van der Waals surface area (Å²) in [5, 5.41) is 5.99. The average molecular weight is 778 g/mol. The third kappa shape index (κ3) is 6.71. The highest BCUT2D eigenvalue weighted by molar-refractivity contribution is 14.1. The number of hydrogen-bond acceptors (Lipinski definition) is 4. The number of nitrogens with zero attached hydrogens (tertiary/aromatic N) is 2. The number of fused-ring (bicyclic) bond motifs is 1. The van der Waals surface area contributed by atoms with Gasteiger partial charge in [-0.3, -0.25) is 4.79 Å². The van der Waals surface area contributed by atoms with E-state index in [1.165, 1.54) is 0 Å². The molecule has 0 radical (unpaired) electrons. The number of nitrogens with one attached hydrogen (secondary N) is 1. The van der Waals surface area contributed by atoms with Crippen molar-refractivity contribution in [1.29, 1.82) is 0 Å². The minimum Gasteiger partial charge on any atom is -0.487 e. The zero-order chi connectivity index (χ0) is 27.4. The number of pyridine rings is 1. The first-order valence-corrected chi connectivity index (χ1v) is 14.6. The summed E-state index contributed by atoms with van der Waals surface area (Å²) in [7, 11) is 0. The molecule has 0 aliphatic rings. The SMILES string of the molecule is O=C(N/N=C\c1cc(I)cc(I)c1OCc1ccc(Cl)c(Cl)c1)c1cc(-c2ccccc2)nc2ccccc12. The second kappa shape index (κ2) is 12.6. The molecule has 0 saturated heterocycles. The molecule has 5 rings (SSSR count). The number of benzene rings is 4. The standard InChI is InChI=1S/C30H19Cl2I2N3O2/c31-24-11-10-18(12-25(24)32)17-39-29-20(13-21(33)14-26(29)34)16-35-37-30(38)23-15-28(19-6-2-1-3-7-19)36-27-9-5-4-8-22(23)27/h1-16H,17H2,(H,37,38)/b35-16-. The van der Waals surface area contributed by atoms with Gasteiger partial charge in [-0.2, -0.15) is 5.10 Å². The number of carbonyl (C=O) groups excluding carboxylic acids is 1. The van der Waals surface area contributed by atoms with Crippen LogP contribution in [0.25, 0.3) is 22.2 Å². The van der Waals surface area contributed by atoms with Crippen molar-refractivity contribution in [2.24, 2.45) is 5.10 Å². The smallest absolute Gasteiger partial charge is 0.272 e. The Balaban J connectivity index is 1.40. The fourth-order valence-electron chi connectivity index (χ4n) is 3.95. The van der Waals surface area contributed by atoms with Gasteiger partial charge in [0.25, 0.3) is 5.91 Å². The van der Waals surface area contributed by atoms with Gasteiger partial charge >= 0.3 is 0 Å². The average Bonchev–Trinajstić information content (AvgIpc) is 2.94. The van der Waals surface area contributed by atoms with Crippen molar-refractivity contribution in [3.05, 3.63) is 125 Å². The first-order chi connectivity index (χ1) is 18.9. The van der Waals surface area contributed by atoms with Gasteiger partial charge in [0.05, 0.1) is 36.6 Å². The van der Waals surface area contributed by atoms with E-state index in [1.807, 2.05) is 72.8 Å². The lowest BCUT2D eigenvalue weighted by Gasteiger charge is -2.13. The van der Waals surface area contributed by atoms with Crippen LogP contribution in [0.3, 0.4) is 0 Å². The second-order valence-corrected chi connectivity index (χ2v) is 11.7. The molecule has 9 heteroatoms. The third-order valence-electron chi connectivity index (χ3n) is 5.80. The molecule has 0 aliphatic heterocycles. The van der Waals surface area contributed by atoms with E-state index in [2.05, 4.69) is 55.7 Å². The van der Waals surface area contributed by atoms with Crippen molar-refractivity contribution < 1.29 is 9.53 Å². The number of carbonyl (C=O) groups is 1. The lowest BCUT2D eigenvalue weighted by molar-refractivity contribution is 0.0956. The number of para-hydroxylation sites is 1. The zero-order valence-electron chi connectivity index (χ0n) is 20.2. The molecule has 0 aliphatic carbocycles. The van der Waals surface area contributed by atoms with Crippen LogP contribution >= 0.6 is 68.4 Å². The first kappa shape index (κ1) is 27.8. The summed E-state index contributed by atoms with van der Waals surface area (Å²) >= 11 is 16.7. The highest BCUT2D eigenvalue weighted by Crippen LogP contribution is 2.30. The highest BCUT2D eigenvalue weighted by Gasteiger charge is 2.14. The van der Waals surface area contributed by atoms with E-state index in [4.69, 9.17) is 32.9 Å². The Labute approximate surface area is 262 Å². The van der Waals surface area contributed by atoms with E-state index >= 15 is 0 Å². The minimum absolute atomic E-state index is 0.298. The monoisotopic (exact) mass is 777 g/mol. The molecule has 1 amide bonds. The molecule has 1 heterocycles. The maximum Gasteiger partial charge on any atom is 0.272 e. The second-order valence-electron chi connectivity index (χ2n) is 8.48. The summed E-state index contributed by atoms with van der Waals surface area (Å²) in [6, 6.07) is 28.5. The maximum atomic E-state index is 13.3. The van der Waals surface area contributed by atoms with E-state index in [9.17, 15) is 4.79 Å². The summed E-state index contributed by atoms with van der Waals surface area (Å²) in [5.74, 6) is 0.321. The van der Waals surface area contributed by atoms with Gasteiger partial charge in [0.15, 0.2) is 0 Å². The molecule has 194 valence electrons. The van der Waals surface area contributed by atoms with Crippen LogP contribution in [-0.2, 0) is 6.61 Å². The lowest BCUT2D eigenvalue weighted by Crippen LogP contribution is -2.18. The van der Waals surface area contributed by atoms with Crippen molar-refractivity contribution in [3.8, 4) is 17.0 Å². The van der Waals surface area contributed by atoms with Crippen LogP contribution in [-0.4, -0.2) is 17.1 Å². The normalized spacial score (nSPS) is 11.2. The Bertz CT molecular complexity index is 1710. The van der Waals surface area contributed by atoms with E-state index < -0.39 is 0 Å². The van der Waals surface area contributed by atoms with Crippen LogP contribution in [0, 0.1) is 7.14 Å². The van der Waals surface area contributed by atoms with Crippen molar-refractivity contribution in [2.45, 2.75) is 6.61 Å². The predicted octanol–water partition coefficient (Wildman–Crippen LogP) is 8.76. The van der Waals surface area contributed by atoms with Gasteiger partial charge in [0, 0.05) is 20.1 Å². The Kier molecular flexibility index (Phi) is 9.01. The molecule has 5 aromatic rings. The van der Waals surface area contributed by atoms with Crippen molar-refractivity contribution in [1.82, 2.24) is 10.4 Å². The summed E-state index contributed by atoms with van der Waals surface area (Å²) in [6.45, 7) is 0.298. The molecule has 0 saturated carbocycles. The van der Waals surface area contributed by atoms with E-state index in [-0.39, 0.29) is 5.91 Å². The molecule has 5 nitrogen and oxygen atoms in total. The van der Waals surface area contributed by atoms with Crippen LogP contribution in [0.4, 0.5) is 0 Å². The number of rotatable bonds is 7. The number of hydrazone groups is 1. The molecule has 0 bridgehead atoms. The van der Waals surface area contributed by atoms with Gasteiger partial charge in [-0.05, 0) is 87.1 Å². The summed E-state index contributed by atoms with van der Waals surface area (Å²) in [5.41, 5.74) is 7.17. The number of hydrogen-bond donors (Lipinski definition) is 1. The van der Waals surface area contributed by atoms with E-state index in [0.29, 0.717) is 33.7 Å². The summed E-state index contributed by atoms with van der Waals surface area (Å²) in [6.07, 6.45) is 1.59. The van der Waals surface area contributed by atoms with Gasteiger partial charge in [-0.25, -0.2) is 10.4 Å². The van der Waals surface area contributed by atoms with Gasteiger partial charge in [0.1, 0.15) is 12.4 Å². The number of ether oxygens (including phenoxy) is 1. The topological polar surface area (TPSA) is 63.6 Å².